The lowest BCUT2D eigenvalue weighted by Crippen LogP contribution is -2.37. The van der Waals surface area contributed by atoms with E-state index in [1.807, 2.05) is 47.3 Å². The monoisotopic (exact) mass is 448 g/mol. The van der Waals surface area contributed by atoms with Crippen LogP contribution in [0.2, 0.25) is 5.02 Å². The number of sulfonamides is 1. The summed E-state index contributed by atoms with van der Waals surface area (Å²) in [6.07, 6.45) is 8.31. The number of rotatable bonds is 5. The highest BCUT2D eigenvalue weighted by molar-refractivity contribution is 7.99. The van der Waals surface area contributed by atoms with E-state index in [2.05, 4.69) is 4.98 Å². The third-order valence-electron chi connectivity index (χ3n) is 4.97. The minimum absolute atomic E-state index is 0.209. The first-order chi connectivity index (χ1) is 13.9. The lowest BCUT2D eigenvalue weighted by atomic mass is 9.95. The number of hydrogen-bond donors (Lipinski definition) is 0. The van der Waals surface area contributed by atoms with E-state index in [0.29, 0.717) is 18.1 Å². The van der Waals surface area contributed by atoms with Crippen molar-refractivity contribution in [1.29, 1.82) is 0 Å². The Bertz CT molecular complexity index is 1080. The minimum Gasteiger partial charge on any atom is -0.262 e. The maximum atomic E-state index is 11.8. The smallest absolute Gasteiger partial charge is 0.211 e. The minimum atomic E-state index is -3.15. The van der Waals surface area contributed by atoms with Crippen molar-refractivity contribution in [2.24, 2.45) is 0 Å². The molecule has 0 radical (unpaired) electrons. The van der Waals surface area contributed by atoms with Crippen LogP contribution in [0.1, 0.15) is 24.5 Å². The average molecular weight is 449 g/mol. The largest absolute Gasteiger partial charge is 0.262 e. The van der Waals surface area contributed by atoms with Crippen molar-refractivity contribution in [2.75, 3.05) is 19.3 Å². The molecule has 1 aliphatic heterocycles. The zero-order valence-electron chi connectivity index (χ0n) is 15.9. The number of piperidine rings is 1. The molecule has 6 nitrogen and oxygen atoms in total. The van der Waals surface area contributed by atoms with Crippen molar-refractivity contribution >= 4 is 33.4 Å². The number of halogens is 1. The van der Waals surface area contributed by atoms with Gasteiger partial charge in [-0.25, -0.2) is 17.4 Å². The van der Waals surface area contributed by atoms with Gasteiger partial charge < -0.3 is 0 Å². The molecule has 29 heavy (non-hydrogen) atoms. The second-order valence-corrected chi connectivity index (χ2v) is 10.6. The fourth-order valence-electron chi connectivity index (χ4n) is 3.44. The zero-order valence-corrected chi connectivity index (χ0v) is 18.3. The molecule has 4 rings (SSSR count). The number of aromatic nitrogens is 3. The molecule has 0 unspecified atom stereocenters. The van der Waals surface area contributed by atoms with E-state index < -0.39 is 10.0 Å². The van der Waals surface area contributed by atoms with Crippen molar-refractivity contribution in [3.63, 3.8) is 0 Å². The maximum Gasteiger partial charge on any atom is 0.211 e. The Labute approximate surface area is 180 Å². The lowest BCUT2D eigenvalue weighted by Gasteiger charge is -2.29. The van der Waals surface area contributed by atoms with Gasteiger partial charge in [-0.05, 0) is 49.2 Å². The molecule has 0 saturated carbocycles. The second-order valence-electron chi connectivity index (χ2n) is 7.03. The Kier molecular flexibility index (Phi) is 5.96. The molecule has 0 aliphatic carbocycles. The summed E-state index contributed by atoms with van der Waals surface area (Å²) in [6.45, 7) is 1.04. The van der Waals surface area contributed by atoms with Gasteiger partial charge in [-0.1, -0.05) is 23.4 Å². The number of benzene rings is 1. The quantitative estimate of drug-likeness (QED) is 0.584. The lowest BCUT2D eigenvalue weighted by molar-refractivity contribution is 0.316. The fraction of sp³-hybridized carbons (Fsp3) is 0.300. The highest BCUT2D eigenvalue weighted by Crippen LogP contribution is 2.38. The summed E-state index contributed by atoms with van der Waals surface area (Å²) in [7, 11) is -3.15. The summed E-state index contributed by atoms with van der Waals surface area (Å²) in [6, 6.07) is 11.6. The summed E-state index contributed by atoms with van der Waals surface area (Å²) in [5.41, 5.74) is 1.90. The summed E-state index contributed by atoms with van der Waals surface area (Å²) < 4.78 is 27.1. The Balaban J connectivity index is 1.64. The molecule has 0 bridgehead atoms. The molecule has 1 fully saturated rings. The van der Waals surface area contributed by atoms with Gasteiger partial charge in [0.2, 0.25) is 10.0 Å². The molecular formula is C20H21ClN4O2S2. The standard InChI is InChI=1S/C20H21ClN4O2S2/c1-29(26,27)24-11-8-15(9-12-24)20-19(28-18-6-4-16(21)5-7-18)14-25(23-20)17-3-2-10-22-13-17/h2-7,10,13-15H,8-9,11-12H2,1H3. The maximum absolute atomic E-state index is 11.8. The topological polar surface area (TPSA) is 68.1 Å². The van der Waals surface area contributed by atoms with Gasteiger partial charge in [0.05, 0.1) is 28.7 Å². The van der Waals surface area contributed by atoms with Crippen LogP contribution in [0.4, 0.5) is 0 Å². The van der Waals surface area contributed by atoms with Crippen LogP contribution >= 0.6 is 23.4 Å². The van der Waals surface area contributed by atoms with Crippen molar-refractivity contribution in [3.05, 3.63) is 65.7 Å². The highest BCUT2D eigenvalue weighted by atomic mass is 35.5. The van der Waals surface area contributed by atoms with Crippen LogP contribution in [-0.2, 0) is 10.0 Å². The molecule has 1 aliphatic rings. The predicted octanol–water partition coefficient (Wildman–Crippen LogP) is 4.21. The molecule has 2 aromatic heterocycles. The first kappa shape index (κ1) is 20.4. The Morgan fingerprint density at radius 3 is 2.48 bits per heavy atom. The number of hydrogen-bond acceptors (Lipinski definition) is 5. The van der Waals surface area contributed by atoms with Gasteiger partial charge in [-0.3, -0.25) is 4.98 Å². The molecule has 1 aromatic carbocycles. The Morgan fingerprint density at radius 1 is 1.14 bits per heavy atom. The van der Waals surface area contributed by atoms with E-state index in [1.54, 1.807) is 28.5 Å². The van der Waals surface area contributed by atoms with E-state index in [-0.39, 0.29) is 5.92 Å². The molecule has 0 N–H and O–H groups in total. The van der Waals surface area contributed by atoms with E-state index in [0.717, 1.165) is 34.0 Å². The van der Waals surface area contributed by atoms with Crippen LogP contribution in [0.3, 0.4) is 0 Å². The van der Waals surface area contributed by atoms with E-state index in [1.165, 1.54) is 6.26 Å². The van der Waals surface area contributed by atoms with E-state index in [9.17, 15) is 8.42 Å². The van der Waals surface area contributed by atoms with Crippen LogP contribution in [0.15, 0.2) is 64.8 Å². The Morgan fingerprint density at radius 2 is 1.86 bits per heavy atom. The van der Waals surface area contributed by atoms with Gasteiger partial charge in [-0.2, -0.15) is 5.10 Å². The van der Waals surface area contributed by atoms with Crippen molar-refractivity contribution in [1.82, 2.24) is 19.1 Å². The van der Waals surface area contributed by atoms with Gasteiger partial charge in [0.25, 0.3) is 0 Å². The van der Waals surface area contributed by atoms with Gasteiger partial charge >= 0.3 is 0 Å². The van der Waals surface area contributed by atoms with Gasteiger partial charge in [0.15, 0.2) is 0 Å². The molecular weight excluding hydrogens is 428 g/mol. The summed E-state index contributed by atoms with van der Waals surface area (Å²) >= 11 is 7.66. The van der Waals surface area contributed by atoms with Gasteiger partial charge in [0.1, 0.15) is 0 Å². The third kappa shape index (κ3) is 4.83. The molecule has 1 saturated heterocycles. The van der Waals surface area contributed by atoms with Gasteiger partial charge in [0, 0.05) is 41.3 Å². The van der Waals surface area contributed by atoms with Crippen LogP contribution in [0.5, 0.6) is 0 Å². The molecule has 3 aromatic rings. The SMILES string of the molecule is CS(=O)(=O)N1CCC(c2nn(-c3cccnc3)cc2Sc2ccc(Cl)cc2)CC1. The first-order valence-corrected chi connectivity index (χ1v) is 12.3. The van der Waals surface area contributed by atoms with E-state index >= 15 is 0 Å². The normalized spacial score (nSPS) is 16.2. The highest BCUT2D eigenvalue weighted by Gasteiger charge is 2.29. The molecule has 9 heteroatoms. The molecule has 3 heterocycles. The molecule has 0 spiro atoms. The zero-order chi connectivity index (χ0) is 20.4. The predicted molar refractivity (Wildman–Crippen MR) is 115 cm³/mol. The second kappa shape index (κ2) is 8.47. The number of pyridine rings is 1. The molecule has 152 valence electrons. The molecule has 0 atom stereocenters. The summed E-state index contributed by atoms with van der Waals surface area (Å²) in [5.74, 6) is 0.209. The van der Waals surface area contributed by atoms with Crippen LogP contribution < -0.4 is 0 Å². The third-order valence-corrected chi connectivity index (χ3v) is 7.57. The average Bonchev–Trinajstić information content (AvgIpc) is 3.14. The Hall–Kier alpha value is -1.87. The molecule has 0 amide bonds. The first-order valence-electron chi connectivity index (χ1n) is 9.28. The fourth-order valence-corrected chi connectivity index (χ4v) is 5.44. The van der Waals surface area contributed by atoms with E-state index in [4.69, 9.17) is 16.7 Å². The summed E-state index contributed by atoms with van der Waals surface area (Å²) in [5, 5.41) is 5.57. The van der Waals surface area contributed by atoms with Crippen LogP contribution in [-0.4, -0.2) is 46.8 Å². The summed E-state index contributed by atoms with van der Waals surface area (Å²) in [4.78, 5) is 6.33. The van der Waals surface area contributed by atoms with Crippen molar-refractivity contribution < 1.29 is 8.42 Å². The van der Waals surface area contributed by atoms with Crippen molar-refractivity contribution in [3.8, 4) is 5.69 Å². The van der Waals surface area contributed by atoms with Crippen molar-refractivity contribution in [2.45, 2.75) is 28.6 Å². The number of nitrogens with zero attached hydrogens (tertiary/aromatic N) is 4. The van der Waals surface area contributed by atoms with Crippen LogP contribution in [0.25, 0.3) is 5.69 Å². The van der Waals surface area contributed by atoms with Gasteiger partial charge in [-0.15, -0.1) is 0 Å². The van der Waals surface area contributed by atoms with Crippen LogP contribution in [0, 0.1) is 0 Å².